The Bertz CT molecular complexity index is 447. The van der Waals surface area contributed by atoms with Gasteiger partial charge in [0.05, 0.1) is 18.9 Å². The maximum atomic E-state index is 12.5. The highest BCUT2D eigenvalue weighted by molar-refractivity contribution is 5.79. The standard InChI is InChI=1S/C28H55NO4/c1-4-7-10-11-12-13-14-15-16-19-24-33-28(32)26(25-27(30)31)20-17-18-23-29(21-8-5-2)22-9-6-3/h26H,4-25H2,1-3H3,(H,30,31). The Kier molecular flexibility index (Phi) is 23.2. The fourth-order valence-electron chi connectivity index (χ4n) is 4.22. The highest BCUT2D eigenvalue weighted by Crippen LogP contribution is 2.17. The third-order valence-corrected chi connectivity index (χ3v) is 6.43. The lowest BCUT2D eigenvalue weighted by molar-refractivity contribution is -0.153. The quantitative estimate of drug-likeness (QED) is 0.110. The smallest absolute Gasteiger partial charge is 0.309 e. The number of carbonyl (C=O) groups is 2. The van der Waals surface area contributed by atoms with E-state index in [-0.39, 0.29) is 12.4 Å². The first-order valence-electron chi connectivity index (χ1n) is 14.2. The average Bonchev–Trinajstić information content (AvgIpc) is 2.80. The predicted octanol–water partition coefficient (Wildman–Crippen LogP) is 7.61. The summed E-state index contributed by atoms with van der Waals surface area (Å²) in [6.45, 7) is 10.4. The molecule has 0 amide bonds. The normalized spacial score (nSPS) is 12.2. The molecule has 0 radical (unpaired) electrons. The summed E-state index contributed by atoms with van der Waals surface area (Å²) in [5, 5.41) is 9.22. The molecule has 0 fully saturated rings. The summed E-state index contributed by atoms with van der Waals surface area (Å²) in [5.74, 6) is -1.74. The molecule has 0 spiro atoms. The summed E-state index contributed by atoms with van der Waals surface area (Å²) in [6.07, 6.45) is 19.6. The number of carbonyl (C=O) groups excluding carboxylic acids is 1. The summed E-state index contributed by atoms with van der Waals surface area (Å²) in [7, 11) is 0. The Labute approximate surface area is 205 Å². The van der Waals surface area contributed by atoms with Crippen LogP contribution in [0.15, 0.2) is 0 Å². The van der Waals surface area contributed by atoms with E-state index in [2.05, 4.69) is 25.7 Å². The van der Waals surface area contributed by atoms with Gasteiger partial charge < -0.3 is 14.7 Å². The zero-order valence-corrected chi connectivity index (χ0v) is 22.3. The summed E-state index contributed by atoms with van der Waals surface area (Å²) >= 11 is 0. The SMILES string of the molecule is CCCCCCCCCCCCOC(=O)C(CCCCN(CCCC)CCCC)CC(=O)O. The highest BCUT2D eigenvalue weighted by Gasteiger charge is 2.22. The Hall–Kier alpha value is -1.10. The van der Waals surface area contributed by atoms with Gasteiger partial charge in [-0.1, -0.05) is 97.8 Å². The van der Waals surface area contributed by atoms with Crippen LogP contribution in [0.1, 0.15) is 136 Å². The van der Waals surface area contributed by atoms with Gasteiger partial charge in [-0.2, -0.15) is 0 Å². The van der Waals surface area contributed by atoms with Crippen molar-refractivity contribution >= 4 is 11.9 Å². The molecule has 1 unspecified atom stereocenters. The minimum absolute atomic E-state index is 0.119. The average molecular weight is 470 g/mol. The van der Waals surface area contributed by atoms with Crippen molar-refractivity contribution in [3.63, 3.8) is 0 Å². The summed E-state index contributed by atoms with van der Waals surface area (Å²) in [5.41, 5.74) is 0. The molecule has 0 aromatic rings. The maximum Gasteiger partial charge on any atom is 0.309 e. The summed E-state index contributed by atoms with van der Waals surface area (Å²) < 4.78 is 5.45. The largest absolute Gasteiger partial charge is 0.481 e. The second kappa shape index (κ2) is 24.0. The van der Waals surface area contributed by atoms with Gasteiger partial charge in [0, 0.05) is 0 Å². The van der Waals surface area contributed by atoms with E-state index in [9.17, 15) is 14.7 Å². The fourth-order valence-corrected chi connectivity index (χ4v) is 4.22. The van der Waals surface area contributed by atoms with E-state index in [1.54, 1.807) is 0 Å². The molecular weight excluding hydrogens is 414 g/mol. The van der Waals surface area contributed by atoms with Crippen molar-refractivity contribution in [2.45, 2.75) is 136 Å². The molecule has 0 aliphatic rings. The van der Waals surface area contributed by atoms with E-state index in [0.717, 1.165) is 45.3 Å². The van der Waals surface area contributed by atoms with Gasteiger partial charge >= 0.3 is 11.9 Å². The molecule has 0 saturated heterocycles. The van der Waals surface area contributed by atoms with E-state index in [0.29, 0.717) is 13.0 Å². The Balaban J connectivity index is 4.03. The topological polar surface area (TPSA) is 66.8 Å². The minimum Gasteiger partial charge on any atom is -0.481 e. The van der Waals surface area contributed by atoms with Crippen LogP contribution in [0.2, 0.25) is 0 Å². The summed E-state index contributed by atoms with van der Waals surface area (Å²) in [4.78, 5) is 26.2. The molecule has 1 atom stereocenters. The number of esters is 1. The molecule has 196 valence electrons. The molecule has 5 heteroatoms. The Morgan fingerprint density at radius 2 is 1.15 bits per heavy atom. The van der Waals surface area contributed by atoms with Crippen LogP contribution in [-0.4, -0.2) is 48.2 Å². The summed E-state index contributed by atoms with van der Waals surface area (Å²) in [6, 6.07) is 0. The molecule has 1 N–H and O–H groups in total. The van der Waals surface area contributed by atoms with Crippen molar-refractivity contribution in [1.29, 1.82) is 0 Å². The number of ether oxygens (including phenoxy) is 1. The van der Waals surface area contributed by atoms with Crippen LogP contribution < -0.4 is 0 Å². The van der Waals surface area contributed by atoms with Crippen molar-refractivity contribution < 1.29 is 19.4 Å². The third-order valence-electron chi connectivity index (χ3n) is 6.43. The molecule has 0 aromatic carbocycles. The van der Waals surface area contributed by atoms with Crippen LogP contribution >= 0.6 is 0 Å². The Morgan fingerprint density at radius 3 is 1.67 bits per heavy atom. The first kappa shape index (κ1) is 31.9. The van der Waals surface area contributed by atoms with Gasteiger partial charge in [-0.25, -0.2) is 0 Å². The monoisotopic (exact) mass is 469 g/mol. The second-order valence-electron chi connectivity index (χ2n) is 9.69. The van der Waals surface area contributed by atoms with Gasteiger partial charge in [-0.15, -0.1) is 0 Å². The van der Waals surface area contributed by atoms with Crippen LogP contribution in [-0.2, 0) is 14.3 Å². The number of rotatable bonds is 25. The second-order valence-corrected chi connectivity index (χ2v) is 9.69. The number of nitrogens with zero attached hydrogens (tertiary/aromatic N) is 1. The molecule has 0 rings (SSSR count). The molecule has 0 heterocycles. The van der Waals surface area contributed by atoms with Crippen LogP contribution in [0.5, 0.6) is 0 Å². The van der Waals surface area contributed by atoms with Crippen LogP contribution in [0.3, 0.4) is 0 Å². The first-order chi connectivity index (χ1) is 16.0. The van der Waals surface area contributed by atoms with Crippen LogP contribution in [0, 0.1) is 5.92 Å². The number of aliphatic carboxylic acids is 1. The van der Waals surface area contributed by atoms with Crippen molar-refractivity contribution in [3.05, 3.63) is 0 Å². The van der Waals surface area contributed by atoms with Crippen molar-refractivity contribution in [3.8, 4) is 0 Å². The lowest BCUT2D eigenvalue weighted by Crippen LogP contribution is -2.27. The zero-order valence-electron chi connectivity index (χ0n) is 22.3. The molecule has 0 bridgehead atoms. The van der Waals surface area contributed by atoms with Crippen molar-refractivity contribution in [2.24, 2.45) is 5.92 Å². The van der Waals surface area contributed by atoms with E-state index < -0.39 is 11.9 Å². The van der Waals surface area contributed by atoms with E-state index in [1.165, 1.54) is 77.0 Å². The van der Waals surface area contributed by atoms with E-state index in [4.69, 9.17) is 4.74 Å². The number of carboxylic acids is 1. The van der Waals surface area contributed by atoms with Gasteiger partial charge in [0.15, 0.2) is 0 Å². The van der Waals surface area contributed by atoms with Crippen LogP contribution in [0.4, 0.5) is 0 Å². The third kappa shape index (κ3) is 21.2. The van der Waals surface area contributed by atoms with Gasteiger partial charge in [0.25, 0.3) is 0 Å². The van der Waals surface area contributed by atoms with Gasteiger partial charge in [0.1, 0.15) is 0 Å². The van der Waals surface area contributed by atoms with Gasteiger partial charge in [0.2, 0.25) is 0 Å². The molecule has 0 aromatic heterocycles. The molecule has 5 nitrogen and oxygen atoms in total. The minimum atomic E-state index is -0.914. The molecular formula is C28H55NO4. The number of hydrogen-bond acceptors (Lipinski definition) is 4. The molecule has 0 aliphatic heterocycles. The van der Waals surface area contributed by atoms with Gasteiger partial charge in [-0.05, 0) is 51.7 Å². The molecule has 0 saturated carbocycles. The number of hydrogen-bond donors (Lipinski definition) is 1. The van der Waals surface area contributed by atoms with Gasteiger partial charge in [-0.3, -0.25) is 9.59 Å². The fraction of sp³-hybridized carbons (Fsp3) is 0.929. The maximum absolute atomic E-state index is 12.5. The van der Waals surface area contributed by atoms with Crippen molar-refractivity contribution in [2.75, 3.05) is 26.2 Å². The zero-order chi connectivity index (χ0) is 24.6. The molecule has 0 aliphatic carbocycles. The first-order valence-corrected chi connectivity index (χ1v) is 14.2. The van der Waals surface area contributed by atoms with E-state index in [1.807, 2.05) is 0 Å². The van der Waals surface area contributed by atoms with Crippen molar-refractivity contribution in [1.82, 2.24) is 4.90 Å². The number of unbranched alkanes of at least 4 members (excludes halogenated alkanes) is 12. The van der Waals surface area contributed by atoms with E-state index >= 15 is 0 Å². The number of carboxylic acid groups (broad SMARTS) is 1. The Morgan fingerprint density at radius 1 is 0.667 bits per heavy atom. The highest BCUT2D eigenvalue weighted by atomic mass is 16.5. The lowest BCUT2D eigenvalue weighted by Gasteiger charge is -2.22. The van der Waals surface area contributed by atoms with Crippen LogP contribution in [0.25, 0.3) is 0 Å². The lowest BCUT2D eigenvalue weighted by atomic mass is 9.98. The predicted molar refractivity (Wildman–Crippen MR) is 139 cm³/mol. The molecule has 33 heavy (non-hydrogen) atoms.